The number of aliphatic carboxylic acids is 1. The molecule has 13 rings (SSSR count). The van der Waals surface area contributed by atoms with Crippen molar-refractivity contribution in [3.63, 3.8) is 0 Å². The molecule has 12 unspecified atom stereocenters. The van der Waals surface area contributed by atoms with Gasteiger partial charge in [0.05, 0.1) is 24.7 Å². The van der Waals surface area contributed by atoms with E-state index in [0.717, 1.165) is 101 Å². The summed E-state index contributed by atoms with van der Waals surface area (Å²) in [6.45, 7) is 12.7. The van der Waals surface area contributed by atoms with Crippen LogP contribution in [0.2, 0.25) is 0 Å². The van der Waals surface area contributed by atoms with Crippen LogP contribution < -0.4 is 10.4 Å². The van der Waals surface area contributed by atoms with E-state index in [1.807, 2.05) is 12.1 Å². The Bertz CT molecular complexity index is 3310. The van der Waals surface area contributed by atoms with Gasteiger partial charge in [0.15, 0.2) is 0 Å². The minimum atomic E-state index is -0.749. The number of carboxylic acids is 1. The van der Waals surface area contributed by atoms with E-state index in [1.165, 1.54) is 76.0 Å². The van der Waals surface area contributed by atoms with Crippen LogP contribution in [0.4, 0.5) is 0 Å². The van der Waals surface area contributed by atoms with E-state index in [1.54, 1.807) is 30.4 Å². The van der Waals surface area contributed by atoms with Crippen molar-refractivity contribution >= 4 is 17.6 Å². The molecule has 0 aromatic heterocycles. The molecule has 4 saturated carbocycles. The number of aromatic hydroxyl groups is 1. The number of phenols is 1. The largest absolute Gasteiger partial charge is 0.508 e. The van der Waals surface area contributed by atoms with Gasteiger partial charge in [-0.2, -0.15) is 0 Å². The van der Waals surface area contributed by atoms with E-state index in [4.69, 9.17) is 11.3 Å². The third-order valence-electron chi connectivity index (χ3n) is 24.9. The van der Waals surface area contributed by atoms with Crippen LogP contribution in [0, 0.1) is 74.4 Å². The van der Waals surface area contributed by atoms with E-state index in [2.05, 4.69) is 118 Å². The fraction of sp³-hybridized carbons (Fsp3) is 0.539. The molecule has 12 atom stereocenters. The van der Waals surface area contributed by atoms with E-state index >= 15 is 0 Å². The average molecular weight is 1100 g/mol. The fourth-order valence-corrected chi connectivity index (χ4v) is 21.1. The SMILES string of the molecule is C=C(CCC(C(=O)O)C1C(O)CC2(C3CCC(Cc4ccc(CCOC)cc4)CC3)C3=C(CCC12C)C12CCC(O)C4(C)CC=CC(C=C5C(Cc6cccc(-c7ccc(O)cc7)c6)=c6ccccc6=CC51)(C3)C42)C(C)C1CCCCC1. The summed E-state index contributed by atoms with van der Waals surface area (Å²) in [6, 6.07) is 34.9. The lowest BCUT2D eigenvalue weighted by Crippen LogP contribution is -2.68. The van der Waals surface area contributed by atoms with Crippen molar-refractivity contribution < 1.29 is 30.0 Å². The van der Waals surface area contributed by atoms with Crippen molar-refractivity contribution in [2.45, 2.75) is 168 Å². The first-order valence-electron chi connectivity index (χ1n) is 32.3. The zero-order valence-corrected chi connectivity index (χ0v) is 49.7. The van der Waals surface area contributed by atoms with Crippen LogP contribution in [0.3, 0.4) is 0 Å². The van der Waals surface area contributed by atoms with E-state index in [-0.39, 0.29) is 39.7 Å². The molecule has 4 aromatic carbocycles. The van der Waals surface area contributed by atoms with Crippen molar-refractivity contribution in [2.75, 3.05) is 13.7 Å². The molecule has 4 N–H and O–H groups in total. The highest BCUT2D eigenvalue weighted by atomic mass is 16.5. The number of allylic oxidation sites excluding steroid dienone is 7. The standard InChI is InChI=1S/C76H92O6/c1-48(49(2)54-14-7-6-8-15-54)19-32-61(70(80)81)69-67(78)47-76(58-28-24-52(25-29-58)41-51-22-20-50(21-23-51)35-40-82-5)66-46-74-37-12-36-72(3)68(79)34-39-75(71(72)74,64(66)33-38-73(69,76)4)65-44-57-16-9-10-18-60(57)62(63(65)45-74)43-53-13-11-17-56(42-53)55-26-30-59(77)31-27-55/h9-13,16-18,20-23,26-27,30-31,37,42,44-45,49,52,54,58,61,65,67-69,71,77-79H,1,6-8,14-15,19,24-25,28-29,32-36,38-41,43,46-47H2,2-5H3,(H,80,81). The molecule has 9 aliphatic carbocycles. The number of hydrogen-bond acceptors (Lipinski definition) is 5. The monoisotopic (exact) mass is 1100 g/mol. The summed E-state index contributed by atoms with van der Waals surface area (Å²) in [5, 5.41) is 50.4. The minimum absolute atomic E-state index is 0.0866. The predicted octanol–water partition coefficient (Wildman–Crippen LogP) is 14.9. The Morgan fingerprint density at radius 1 is 0.817 bits per heavy atom. The van der Waals surface area contributed by atoms with Gasteiger partial charge in [-0.05, 0) is 212 Å². The molecular formula is C76H92O6. The van der Waals surface area contributed by atoms with Crippen LogP contribution in [0.25, 0.3) is 22.8 Å². The fourth-order valence-electron chi connectivity index (χ4n) is 21.1. The van der Waals surface area contributed by atoms with Crippen LogP contribution >= 0.6 is 0 Å². The topological polar surface area (TPSA) is 107 Å². The van der Waals surface area contributed by atoms with Gasteiger partial charge in [0.1, 0.15) is 5.75 Å². The Hall–Kier alpha value is -5.27. The van der Waals surface area contributed by atoms with Crippen molar-refractivity contribution in [1.82, 2.24) is 0 Å². The van der Waals surface area contributed by atoms with Gasteiger partial charge in [0, 0.05) is 40.6 Å². The van der Waals surface area contributed by atoms with Gasteiger partial charge in [-0.15, -0.1) is 0 Å². The number of aliphatic hydroxyl groups is 2. The summed E-state index contributed by atoms with van der Waals surface area (Å²) in [5.41, 5.74) is 11.6. The van der Waals surface area contributed by atoms with Gasteiger partial charge in [-0.25, -0.2) is 0 Å². The average Bonchev–Trinajstić information content (AvgIpc) is 1.02. The van der Waals surface area contributed by atoms with Gasteiger partial charge < -0.3 is 25.2 Å². The van der Waals surface area contributed by atoms with Crippen LogP contribution in [0.1, 0.15) is 153 Å². The molecule has 0 spiro atoms. The zero-order valence-electron chi connectivity index (χ0n) is 49.7. The molecule has 2 bridgehead atoms. The Balaban J connectivity index is 0.936. The number of ether oxygens (including phenoxy) is 1. The highest BCUT2D eigenvalue weighted by Gasteiger charge is 2.76. The lowest BCUT2D eigenvalue weighted by molar-refractivity contribution is -0.164. The Morgan fingerprint density at radius 2 is 1.57 bits per heavy atom. The summed E-state index contributed by atoms with van der Waals surface area (Å²) < 4.78 is 5.39. The summed E-state index contributed by atoms with van der Waals surface area (Å²) in [5.74, 6) is 0.607. The Labute approximate surface area is 489 Å². The van der Waals surface area contributed by atoms with Crippen LogP contribution in [0.5, 0.6) is 5.75 Å². The van der Waals surface area contributed by atoms with Crippen LogP contribution in [0.15, 0.2) is 144 Å². The van der Waals surface area contributed by atoms with Crippen molar-refractivity contribution in [3.05, 3.63) is 171 Å². The Kier molecular flexibility index (Phi) is 14.8. The number of fused-ring (bicyclic) bond motifs is 4. The zero-order chi connectivity index (χ0) is 56.8. The summed E-state index contributed by atoms with van der Waals surface area (Å²) in [6.07, 6.45) is 29.8. The highest BCUT2D eigenvalue weighted by Crippen LogP contribution is 2.82. The van der Waals surface area contributed by atoms with Crippen molar-refractivity contribution in [3.8, 4) is 16.9 Å². The van der Waals surface area contributed by atoms with E-state index < -0.39 is 34.9 Å². The normalized spacial score (nSPS) is 35.2. The van der Waals surface area contributed by atoms with Crippen molar-refractivity contribution in [1.29, 1.82) is 0 Å². The van der Waals surface area contributed by atoms with Gasteiger partial charge in [-0.1, -0.05) is 173 Å². The number of rotatable bonds is 16. The highest BCUT2D eigenvalue weighted by molar-refractivity contribution is 5.77. The molecule has 6 nitrogen and oxygen atoms in total. The molecule has 0 radical (unpaired) electrons. The first-order valence-corrected chi connectivity index (χ1v) is 32.3. The maximum atomic E-state index is 14.2. The molecule has 0 saturated heterocycles. The molecular weight excluding hydrogens is 1010 g/mol. The van der Waals surface area contributed by atoms with Crippen LogP contribution in [-0.4, -0.2) is 52.3 Å². The molecule has 4 fully saturated rings. The number of aliphatic hydroxyl groups excluding tert-OH is 2. The molecule has 6 heteroatoms. The number of phenolic OH excluding ortho intramolecular Hbond substituents is 1. The first-order chi connectivity index (χ1) is 39.6. The number of carboxylic acid groups (broad SMARTS) is 1. The quantitative estimate of drug-likeness (QED) is 0.0833. The summed E-state index contributed by atoms with van der Waals surface area (Å²) in [4.78, 5) is 14.2. The molecule has 0 amide bonds. The van der Waals surface area contributed by atoms with E-state index in [0.29, 0.717) is 42.9 Å². The van der Waals surface area contributed by atoms with Crippen LogP contribution in [-0.2, 0) is 28.8 Å². The predicted molar refractivity (Wildman–Crippen MR) is 330 cm³/mol. The molecule has 4 aromatic rings. The summed E-state index contributed by atoms with van der Waals surface area (Å²) in [7, 11) is 1.77. The lowest BCUT2D eigenvalue weighted by atomic mass is 9.30. The first kappa shape index (κ1) is 55.9. The third kappa shape index (κ3) is 8.98. The number of benzene rings is 4. The van der Waals surface area contributed by atoms with Gasteiger partial charge in [0.2, 0.25) is 0 Å². The lowest BCUT2D eigenvalue weighted by Gasteiger charge is -2.73. The summed E-state index contributed by atoms with van der Waals surface area (Å²) >= 11 is 0. The molecule has 432 valence electrons. The van der Waals surface area contributed by atoms with Crippen molar-refractivity contribution in [2.24, 2.45) is 74.4 Å². The second-order valence-electron chi connectivity index (χ2n) is 28.6. The second kappa shape index (κ2) is 21.7. The smallest absolute Gasteiger partial charge is 0.306 e. The minimum Gasteiger partial charge on any atom is -0.508 e. The second-order valence-corrected chi connectivity index (χ2v) is 28.6. The van der Waals surface area contributed by atoms with Gasteiger partial charge in [-0.3, -0.25) is 4.79 Å². The number of hydrogen-bond donors (Lipinski definition) is 4. The Morgan fingerprint density at radius 3 is 2.33 bits per heavy atom. The van der Waals surface area contributed by atoms with Gasteiger partial charge in [0.25, 0.3) is 0 Å². The molecule has 82 heavy (non-hydrogen) atoms. The maximum Gasteiger partial charge on any atom is 0.306 e. The van der Waals surface area contributed by atoms with E-state index in [9.17, 15) is 25.2 Å². The molecule has 0 aliphatic heterocycles. The molecule has 0 heterocycles. The maximum absolute atomic E-state index is 14.2. The number of methoxy groups -OCH3 is 1. The number of carbonyl (C=O) groups is 1. The van der Waals surface area contributed by atoms with Gasteiger partial charge >= 0.3 is 5.97 Å². The third-order valence-corrected chi connectivity index (χ3v) is 24.9. The molecule has 9 aliphatic rings.